The fourth-order valence-corrected chi connectivity index (χ4v) is 4.50. The van der Waals surface area contributed by atoms with Gasteiger partial charge in [0, 0.05) is 5.02 Å². The number of nitrogens with one attached hydrogen (secondary N) is 1. The summed E-state index contributed by atoms with van der Waals surface area (Å²) in [7, 11) is 0. The SMILES string of the molecule is CCOC(=O)c1sc2nc(C)n(CC(=O)N[C@@H](C)c3cccc(Cl)c3)c(=O)c2c1C. The van der Waals surface area contributed by atoms with E-state index in [0.717, 1.165) is 16.9 Å². The normalized spacial score (nSPS) is 12.0. The highest BCUT2D eigenvalue weighted by Gasteiger charge is 2.22. The van der Waals surface area contributed by atoms with Crippen LogP contribution >= 0.6 is 22.9 Å². The Labute approximate surface area is 182 Å². The molecule has 7 nitrogen and oxygen atoms in total. The minimum absolute atomic E-state index is 0.178. The summed E-state index contributed by atoms with van der Waals surface area (Å²) < 4.78 is 6.38. The third-order valence-corrected chi connectivity index (χ3v) is 6.13. The van der Waals surface area contributed by atoms with Crippen LogP contribution in [-0.4, -0.2) is 28.0 Å². The summed E-state index contributed by atoms with van der Waals surface area (Å²) in [5.74, 6) is -0.406. The highest BCUT2D eigenvalue weighted by Crippen LogP contribution is 2.28. The molecule has 0 fully saturated rings. The monoisotopic (exact) mass is 447 g/mol. The second-order valence-electron chi connectivity index (χ2n) is 6.85. The van der Waals surface area contributed by atoms with Crippen molar-refractivity contribution in [3.05, 3.63) is 61.5 Å². The van der Waals surface area contributed by atoms with Crippen LogP contribution < -0.4 is 10.9 Å². The molecule has 0 aliphatic carbocycles. The molecule has 1 amide bonds. The molecule has 9 heteroatoms. The number of fused-ring (bicyclic) bond motifs is 1. The molecule has 158 valence electrons. The molecule has 0 aliphatic heterocycles. The van der Waals surface area contributed by atoms with Gasteiger partial charge in [0.1, 0.15) is 22.1 Å². The van der Waals surface area contributed by atoms with Crippen LogP contribution in [0.2, 0.25) is 5.02 Å². The largest absolute Gasteiger partial charge is 0.462 e. The van der Waals surface area contributed by atoms with E-state index >= 15 is 0 Å². The molecule has 2 heterocycles. The van der Waals surface area contributed by atoms with E-state index in [-0.39, 0.29) is 30.7 Å². The van der Waals surface area contributed by atoms with Crippen molar-refractivity contribution in [1.29, 1.82) is 0 Å². The summed E-state index contributed by atoms with van der Waals surface area (Å²) in [6, 6.07) is 6.95. The number of hydrogen-bond acceptors (Lipinski definition) is 6. The molecule has 0 aliphatic rings. The van der Waals surface area contributed by atoms with Crippen LogP contribution in [0, 0.1) is 13.8 Å². The van der Waals surface area contributed by atoms with Crippen LogP contribution in [0.4, 0.5) is 0 Å². The van der Waals surface area contributed by atoms with Crippen molar-refractivity contribution in [2.45, 2.75) is 40.3 Å². The summed E-state index contributed by atoms with van der Waals surface area (Å²) in [6.07, 6.45) is 0. The van der Waals surface area contributed by atoms with Gasteiger partial charge in [0.2, 0.25) is 5.91 Å². The van der Waals surface area contributed by atoms with Gasteiger partial charge in [-0.3, -0.25) is 14.2 Å². The molecule has 1 aromatic carbocycles. The maximum absolute atomic E-state index is 13.1. The van der Waals surface area contributed by atoms with Crippen molar-refractivity contribution in [3.63, 3.8) is 0 Å². The predicted molar refractivity (Wildman–Crippen MR) is 117 cm³/mol. The standard InChI is InChI=1S/C21H22ClN3O4S/c1-5-29-21(28)18-11(2)17-19(30-18)24-13(4)25(20(17)27)10-16(26)23-12(3)14-7-6-8-15(22)9-14/h6-9,12H,5,10H2,1-4H3,(H,23,26)/t12-/m0/s1. The Kier molecular flexibility index (Phi) is 6.58. The number of carbonyl (C=O) groups excluding carboxylic acids is 2. The summed E-state index contributed by atoms with van der Waals surface area (Å²) in [4.78, 5) is 43.1. The van der Waals surface area contributed by atoms with Gasteiger partial charge in [-0.15, -0.1) is 11.3 Å². The molecule has 0 saturated heterocycles. The van der Waals surface area contributed by atoms with Gasteiger partial charge in [-0.25, -0.2) is 9.78 Å². The molecular formula is C21H22ClN3O4S. The second kappa shape index (κ2) is 8.97. The van der Waals surface area contributed by atoms with E-state index in [1.807, 2.05) is 19.1 Å². The maximum atomic E-state index is 13.1. The van der Waals surface area contributed by atoms with Gasteiger partial charge in [0.25, 0.3) is 5.56 Å². The number of rotatable bonds is 6. The number of esters is 1. The van der Waals surface area contributed by atoms with E-state index in [4.69, 9.17) is 16.3 Å². The zero-order valence-electron chi connectivity index (χ0n) is 17.1. The Morgan fingerprint density at radius 1 is 1.33 bits per heavy atom. The van der Waals surface area contributed by atoms with Gasteiger partial charge in [-0.1, -0.05) is 23.7 Å². The first-order valence-electron chi connectivity index (χ1n) is 9.45. The summed E-state index contributed by atoms with van der Waals surface area (Å²) in [5.41, 5.74) is 1.03. The fourth-order valence-electron chi connectivity index (χ4n) is 3.19. The first-order chi connectivity index (χ1) is 14.2. The van der Waals surface area contributed by atoms with Crippen molar-refractivity contribution < 1.29 is 14.3 Å². The van der Waals surface area contributed by atoms with Crippen LogP contribution in [0.3, 0.4) is 0 Å². The minimum atomic E-state index is -0.477. The molecule has 0 radical (unpaired) electrons. The van der Waals surface area contributed by atoms with Gasteiger partial charge < -0.3 is 10.1 Å². The highest BCUT2D eigenvalue weighted by atomic mass is 35.5. The van der Waals surface area contributed by atoms with Gasteiger partial charge in [-0.05, 0) is 51.0 Å². The zero-order valence-corrected chi connectivity index (χ0v) is 18.7. The van der Waals surface area contributed by atoms with E-state index in [2.05, 4.69) is 10.3 Å². The van der Waals surface area contributed by atoms with Gasteiger partial charge in [0.15, 0.2) is 0 Å². The number of benzene rings is 1. The van der Waals surface area contributed by atoms with Crippen LogP contribution in [0.25, 0.3) is 10.2 Å². The Hall–Kier alpha value is -2.71. The first kappa shape index (κ1) is 22.0. The molecule has 3 aromatic rings. The van der Waals surface area contributed by atoms with Crippen molar-refractivity contribution in [2.24, 2.45) is 0 Å². The number of ether oxygens (including phenoxy) is 1. The highest BCUT2D eigenvalue weighted by molar-refractivity contribution is 7.20. The predicted octanol–water partition coefficient (Wildman–Crippen LogP) is 3.78. The van der Waals surface area contributed by atoms with Crippen molar-refractivity contribution >= 4 is 45.0 Å². The lowest BCUT2D eigenvalue weighted by Gasteiger charge is -2.16. The van der Waals surface area contributed by atoms with Crippen molar-refractivity contribution in [3.8, 4) is 0 Å². The molecule has 0 saturated carbocycles. The van der Waals surface area contributed by atoms with Gasteiger partial charge in [-0.2, -0.15) is 0 Å². The molecule has 3 rings (SSSR count). The molecule has 0 bridgehead atoms. The number of carbonyl (C=O) groups is 2. The van der Waals surface area contributed by atoms with Crippen LogP contribution in [0.15, 0.2) is 29.1 Å². The molecule has 0 unspecified atom stereocenters. The molecule has 30 heavy (non-hydrogen) atoms. The van der Waals surface area contributed by atoms with E-state index < -0.39 is 5.97 Å². The zero-order chi connectivity index (χ0) is 22.0. The Balaban J connectivity index is 1.88. The lowest BCUT2D eigenvalue weighted by atomic mass is 10.1. The first-order valence-corrected chi connectivity index (χ1v) is 10.6. The Morgan fingerprint density at radius 2 is 2.07 bits per heavy atom. The Bertz CT molecular complexity index is 1180. The summed E-state index contributed by atoms with van der Waals surface area (Å²) in [5, 5.41) is 3.79. The van der Waals surface area contributed by atoms with Crippen LogP contribution in [0.1, 0.15) is 46.5 Å². The topological polar surface area (TPSA) is 90.3 Å². The third-order valence-electron chi connectivity index (χ3n) is 4.73. The van der Waals surface area contributed by atoms with Crippen LogP contribution in [0.5, 0.6) is 0 Å². The molecular weight excluding hydrogens is 426 g/mol. The Morgan fingerprint density at radius 3 is 2.73 bits per heavy atom. The quantitative estimate of drug-likeness (QED) is 0.580. The lowest BCUT2D eigenvalue weighted by molar-refractivity contribution is -0.122. The van der Waals surface area contributed by atoms with Crippen molar-refractivity contribution in [1.82, 2.24) is 14.9 Å². The average Bonchev–Trinajstić information content (AvgIpc) is 3.01. The number of amides is 1. The van der Waals surface area contributed by atoms with E-state index in [9.17, 15) is 14.4 Å². The smallest absolute Gasteiger partial charge is 0.348 e. The van der Waals surface area contributed by atoms with Crippen LogP contribution in [-0.2, 0) is 16.1 Å². The third kappa shape index (κ3) is 4.39. The number of halogens is 1. The number of thiophene rings is 1. The summed E-state index contributed by atoms with van der Waals surface area (Å²) in [6.45, 7) is 6.98. The molecule has 1 N–H and O–H groups in total. The number of nitrogens with zero attached hydrogens (tertiary/aromatic N) is 2. The number of aryl methyl sites for hydroxylation is 2. The van der Waals surface area contributed by atoms with Gasteiger partial charge >= 0.3 is 5.97 Å². The minimum Gasteiger partial charge on any atom is -0.462 e. The number of aromatic nitrogens is 2. The van der Waals surface area contributed by atoms with E-state index in [0.29, 0.717) is 31.5 Å². The van der Waals surface area contributed by atoms with Crippen molar-refractivity contribution in [2.75, 3.05) is 6.61 Å². The van der Waals surface area contributed by atoms with Gasteiger partial charge in [0.05, 0.1) is 18.0 Å². The average molecular weight is 448 g/mol. The molecule has 0 spiro atoms. The molecule has 2 aromatic heterocycles. The van der Waals surface area contributed by atoms with E-state index in [1.54, 1.807) is 32.9 Å². The molecule has 1 atom stereocenters. The lowest BCUT2D eigenvalue weighted by Crippen LogP contribution is -2.35. The number of hydrogen-bond donors (Lipinski definition) is 1. The second-order valence-corrected chi connectivity index (χ2v) is 8.29. The fraction of sp³-hybridized carbons (Fsp3) is 0.333. The van der Waals surface area contributed by atoms with E-state index in [1.165, 1.54) is 4.57 Å². The maximum Gasteiger partial charge on any atom is 0.348 e. The summed E-state index contributed by atoms with van der Waals surface area (Å²) >= 11 is 7.14.